The lowest BCUT2D eigenvalue weighted by molar-refractivity contribution is 0.202. The van der Waals surface area contributed by atoms with Gasteiger partial charge in [0.2, 0.25) is 0 Å². The summed E-state index contributed by atoms with van der Waals surface area (Å²) in [5, 5.41) is 0. The Morgan fingerprint density at radius 1 is 1.62 bits per heavy atom. The van der Waals surface area contributed by atoms with Gasteiger partial charge in [0.1, 0.15) is 0 Å². The molecule has 1 heterocycles. The molecule has 0 amide bonds. The first-order valence-corrected chi connectivity index (χ1v) is 5.66. The fraction of sp³-hybridized carbons (Fsp3) is 0.900. The molecule has 1 atom stereocenters. The summed E-state index contributed by atoms with van der Waals surface area (Å²) >= 11 is 5.03. The number of rotatable bonds is 4. The normalized spacial score (nSPS) is 24.5. The van der Waals surface area contributed by atoms with Crippen molar-refractivity contribution in [3.05, 3.63) is 0 Å². The van der Waals surface area contributed by atoms with Gasteiger partial charge in [-0.2, -0.15) is 0 Å². The van der Waals surface area contributed by atoms with Gasteiger partial charge >= 0.3 is 0 Å². The van der Waals surface area contributed by atoms with Crippen molar-refractivity contribution < 1.29 is 0 Å². The Balaban J connectivity index is 2.29. The van der Waals surface area contributed by atoms with Crippen LogP contribution >= 0.6 is 12.2 Å². The molecule has 1 fully saturated rings. The van der Waals surface area contributed by atoms with Gasteiger partial charge in [0.05, 0.1) is 4.99 Å². The van der Waals surface area contributed by atoms with Crippen LogP contribution in [-0.4, -0.2) is 29.5 Å². The Hall–Kier alpha value is -0.150. The number of nitrogens with zero attached hydrogens (tertiary/aromatic N) is 1. The van der Waals surface area contributed by atoms with Gasteiger partial charge in [0, 0.05) is 12.5 Å². The van der Waals surface area contributed by atoms with E-state index in [1.54, 1.807) is 0 Å². The monoisotopic (exact) mass is 200 g/mol. The predicted octanol–water partition coefficient (Wildman–Crippen LogP) is 1.78. The molecule has 0 aromatic rings. The Labute approximate surface area is 86.5 Å². The molecule has 0 aliphatic carbocycles. The van der Waals surface area contributed by atoms with Crippen LogP contribution in [0.25, 0.3) is 0 Å². The highest BCUT2D eigenvalue weighted by Crippen LogP contribution is 2.16. The first-order valence-electron chi connectivity index (χ1n) is 5.25. The number of likely N-dealkylation sites (tertiary alicyclic amines) is 1. The molecule has 0 radical (unpaired) electrons. The average molecular weight is 200 g/mol. The molecule has 2 nitrogen and oxygen atoms in total. The third kappa shape index (κ3) is 3.61. The van der Waals surface area contributed by atoms with Crippen LogP contribution in [-0.2, 0) is 0 Å². The molecule has 13 heavy (non-hydrogen) atoms. The molecule has 0 spiro atoms. The maximum Gasteiger partial charge on any atom is 0.0771 e. The minimum Gasteiger partial charge on any atom is -0.393 e. The van der Waals surface area contributed by atoms with Crippen LogP contribution in [0.1, 0.15) is 32.6 Å². The second-order valence-corrected chi connectivity index (χ2v) is 4.37. The van der Waals surface area contributed by atoms with E-state index in [4.69, 9.17) is 18.0 Å². The van der Waals surface area contributed by atoms with Gasteiger partial charge in [-0.1, -0.05) is 25.6 Å². The van der Waals surface area contributed by atoms with E-state index in [2.05, 4.69) is 11.8 Å². The second kappa shape index (κ2) is 5.55. The average Bonchev–Trinajstić information content (AvgIpc) is 2.15. The fourth-order valence-electron chi connectivity index (χ4n) is 1.87. The number of nitrogens with two attached hydrogens (primary N) is 1. The van der Waals surface area contributed by atoms with Crippen molar-refractivity contribution in [1.82, 2.24) is 4.90 Å². The van der Waals surface area contributed by atoms with Gasteiger partial charge in [-0.05, 0) is 32.4 Å². The van der Waals surface area contributed by atoms with Gasteiger partial charge in [-0.25, -0.2) is 0 Å². The topological polar surface area (TPSA) is 29.3 Å². The van der Waals surface area contributed by atoms with E-state index in [1.807, 2.05) is 0 Å². The van der Waals surface area contributed by atoms with Crippen molar-refractivity contribution >= 4 is 17.2 Å². The van der Waals surface area contributed by atoms with Crippen LogP contribution in [0.3, 0.4) is 0 Å². The maximum absolute atomic E-state index is 5.66. The van der Waals surface area contributed by atoms with Gasteiger partial charge in [0.25, 0.3) is 0 Å². The maximum atomic E-state index is 5.66. The van der Waals surface area contributed by atoms with Crippen LogP contribution in [0, 0.1) is 5.92 Å². The first kappa shape index (κ1) is 10.9. The quantitative estimate of drug-likeness (QED) is 0.702. The Bertz CT molecular complexity index is 170. The van der Waals surface area contributed by atoms with E-state index in [9.17, 15) is 0 Å². The molecule has 0 aromatic heterocycles. The zero-order valence-electron chi connectivity index (χ0n) is 8.46. The zero-order valence-corrected chi connectivity index (χ0v) is 9.28. The van der Waals surface area contributed by atoms with Crippen molar-refractivity contribution in [2.75, 3.05) is 19.6 Å². The van der Waals surface area contributed by atoms with E-state index in [-0.39, 0.29) is 0 Å². The fourth-order valence-corrected chi connectivity index (χ4v) is 2.06. The number of hydrogen-bond acceptors (Lipinski definition) is 2. The van der Waals surface area contributed by atoms with Crippen molar-refractivity contribution in [1.29, 1.82) is 0 Å². The SMILES string of the molecule is CCCCN1CCCC(C(N)=S)C1. The molecule has 3 heteroatoms. The smallest absolute Gasteiger partial charge is 0.0771 e. The van der Waals surface area contributed by atoms with Crippen molar-refractivity contribution in [3.8, 4) is 0 Å². The van der Waals surface area contributed by atoms with Crippen molar-refractivity contribution in [3.63, 3.8) is 0 Å². The summed E-state index contributed by atoms with van der Waals surface area (Å²) in [6.07, 6.45) is 5.02. The van der Waals surface area contributed by atoms with E-state index in [0.717, 1.165) is 6.54 Å². The molecule has 2 N–H and O–H groups in total. The summed E-state index contributed by atoms with van der Waals surface area (Å²) < 4.78 is 0. The molecule has 0 saturated carbocycles. The summed E-state index contributed by atoms with van der Waals surface area (Å²) in [6, 6.07) is 0. The highest BCUT2D eigenvalue weighted by molar-refractivity contribution is 7.80. The molecule has 1 saturated heterocycles. The van der Waals surface area contributed by atoms with Gasteiger partial charge in [-0.3, -0.25) is 0 Å². The molecule has 0 bridgehead atoms. The lowest BCUT2D eigenvalue weighted by Gasteiger charge is -2.31. The standard InChI is InChI=1S/C10H20N2S/c1-2-3-6-12-7-4-5-9(8-12)10(11)13/h9H,2-8H2,1H3,(H2,11,13). The van der Waals surface area contributed by atoms with Gasteiger partial charge in [-0.15, -0.1) is 0 Å². The third-order valence-corrected chi connectivity index (χ3v) is 3.07. The molecule has 1 aliphatic rings. The van der Waals surface area contributed by atoms with E-state index in [1.165, 1.54) is 38.8 Å². The summed E-state index contributed by atoms with van der Waals surface area (Å²) in [4.78, 5) is 3.21. The van der Waals surface area contributed by atoms with Crippen LogP contribution in [0.15, 0.2) is 0 Å². The molecule has 1 rings (SSSR count). The van der Waals surface area contributed by atoms with E-state index < -0.39 is 0 Å². The van der Waals surface area contributed by atoms with Gasteiger partial charge < -0.3 is 10.6 Å². The number of unbranched alkanes of at least 4 members (excludes halogenated alkanes) is 1. The summed E-state index contributed by atoms with van der Waals surface area (Å²) in [6.45, 7) is 5.78. The third-order valence-electron chi connectivity index (χ3n) is 2.74. The Morgan fingerprint density at radius 2 is 2.38 bits per heavy atom. The highest BCUT2D eigenvalue weighted by Gasteiger charge is 2.20. The number of hydrogen-bond donors (Lipinski definition) is 1. The second-order valence-electron chi connectivity index (χ2n) is 3.90. The summed E-state index contributed by atoms with van der Waals surface area (Å²) in [5.41, 5.74) is 5.66. The molecule has 76 valence electrons. The molecular formula is C10H20N2S. The lowest BCUT2D eigenvalue weighted by Crippen LogP contribution is -2.40. The molecule has 1 aliphatic heterocycles. The minimum absolute atomic E-state index is 0.473. The minimum atomic E-state index is 0.473. The van der Waals surface area contributed by atoms with Crippen LogP contribution in [0.2, 0.25) is 0 Å². The largest absolute Gasteiger partial charge is 0.393 e. The van der Waals surface area contributed by atoms with Gasteiger partial charge in [0.15, 0.2) is 0 Å². The first-order chi connectivity index (χ1) is 6.24. The Kier molecular flexibility index (Phi) is 4.67. The Morgan fingerprint density at radius 3 is 3.00 bits per heavy atom. The number of piperidine rings is 1. The summed E-state index contributed by atoms with van der Waals surface area (Å²) in [5.74, 6) is 0.473. The summed E-state index contributed by atoms with van der Waals surface area (Å²) in [7, 11) is 0. The van der Waals surface area contributed by atoms with Crippen LogP contribution in [0.5, 0.6) is 0 Å². The van der Waals surface area contributed by atoms with Crippen molar-refractivity contribution in [2.24, 2.45) is 11.7 Å². The predicted molar refractivity (Wildman–Crippen MR) is 60.9 cm³/mol. The van der Waals surface area contributed by atoms with Crippen molar-refractivity contribution in [2.45, 2.75) is 32.6 Å². The van der Waals surface area contributed by atoms with Crippen LogP contribution in [0.4, 0.5) is 0 Å². The molecule has 0 aromatic carbocycles. The molecule has 1 unspecified atom stereocenters. The molecular weight excluding hydrogens is 180 g/mol. The lowest BCUT2D eigenvalue weighted by atomic mass is 9.98. The zero-order chi connectivity index (χ0) is 9.68. The van der Waals surface area contributed by atoms with E-state index >= 15 is 0 Å². The van der Waals surface area contributed by atoms with E-state index in [0.29, 0.717) is 10.9 Å². The number of thiocarbonyl (C=S) groups is 1. The van der Waals surface area contributed by atoms with Crippen LogP contribution < -0.4 is 5.73 Å². The highest BCUT2D eigenvalue weighted by atomic mass is 32.1.